The van der Waals surface area contributed by atoms with Crippen molar-refractivity contribution in [2.24, 2.45) is 22.7 Å². The molecule has 4 heteroatoms. The number of hydrogen-bond donors (Lipinski definition) is 2. The number of oxime groups is 1. The first-order chi connectivity index (χ1) is 6.72. The van der Waals surface area contributed by atoms with E-state index in [0.29, 0.717) is 5.84 Å². The molecule has 80 valence electrons. The second-order valence-corrected chi connectivity index (χ2v) is 4.61. The Bertz CT molecular complexity index is 230. The van der Waals surface area contributed by atoms with Gasteiger partial charge >= 0.3 is 0 Å². The predicted octanol–water partition coefficient (Wildman–Crippen LogP) is 0.853. The fourth-order valence-electron chi connectivity index (χ4n) is 2.86. The van der Waals surface area contributed by atoms with Gasteiger partial charge in [0.05, 0.1) is 6.04 Å². The molecule has 0 aromatic carbocycles. The maximum absolute atomic E-state index is 8.60. The van der Waals surface area contributed by atoms with Crippen molar-refractivity contribution in [3.8, 4) is 0 Å². The van der Waals surface area contributed by atoms with Crippen LogP contribution in [0.15, 0.2) is 5.16 Å². The van der Waals surface area contributed by atoms with E-state index in [4.69, 9.17) is 10.9 Å². The van der Waals surface area contributed by atoms with Crippen molar-refractivity contribution in [2.45, 2.75) is 32.2 Å². The van der Waals surface area contributed by atoms with E-state index in [0.717, 1.165) is 24.9 Å². The highest BCUT2D eigenvalue weighted by Gasteiger charge is 2.38. The summed E-state index contributed by atoms with van der Waals surface area (Å²) in [6.07, 6.45) is 4.12. The van der Waals surface area contributed by atoms with Gasteiger partial charge in [-0.05, 0) is 31.6 Å². The first-order valence-electron chi connectivity index (χ1n) is 5.44. The molecule has 2 fully saturated rings. The molecule has 0 amide bonds. The van der Waals surface area contributed by atoms with Crippen LogP contribution >= 0.6 is 0 Å². The van der Waals surface area contributed by atoms with Gasteiger partial charge in [-0.3, -0.25) is 4.90 Å². The number of hydrogen-bond acceptors (Lipinski definition) is 3. The van der Waals surface area contributed by atoms with Gasteiger partial charge in [0.25, 0.3) is 0 Å². The molecule has 0 spiro atoms. The quantitative estimate of drug-likeness (QED) is 0.298. The third-order valence-corrected chi connectivity index (χ3v) is 3.85. The molecule has 3 N–H and O–H groups in total. The van der Waals surface area contributed by atoms with Crippen LogP contribution in [-0.2, 0) is 0 Å². The highest BCUT2D eigenvalue weighted by Crippen LogP contribution is 2.38. The summed E-state index contributed by atoms with van der Waals surface area (Å²) in [5.41, 5.74) is 5.60. The highest BCUT2D eigenvalue weighted by molar-refractivity contribution is 5.84. The van der Waals surface area contributed by atoms with Gasteiger partial charge < -0.3 is 10.9 Å². The zero-order chi connectivity index (χ0) is 10.1. The second-order valence-electron chi connectivity index (χ2n) is 4.61. The third-order valence-electron chi connectivity index (χ3n) is 3.85. The first kappa shape index (κ1) is 9.77. The lowest BCUT2D eigenvalue weighted by Crippen LogP contribution is -2.41. The van der Waals surface area contributed by atoms with Crippen LogP contribution in [0.25, 0.3) is 0 Å². The maximum atomic E-state index is 8.60. The van der Waals surface area contributed by atoms with Crippen LogP contribution in [0.2, 0.25) is 0 Å². The minimum Gasteiger partial charge on any atom is -0.409 e. The summed E-state index contributed by atoms with van der Waals surface area (Å²) in [7, 11) is 0. The van der Waals surface area contributed by atoms with Gasteiger partial charge in [0.1, 0.15) is 0 Å². The lowest BCUT2D eigenvalue weighted by molar-refractivity contribution is 0.271. The molecular formula is C10H19N3O. The van der Waals surface area contributed by atoms with Gasteiger partial charge in [0.15, 0.2) is 5.84 Å². The van der Waals surface area contributed by atoms with Gasteiger partial charge in [0, 0.05) is 13.1 Å². The Balaban J connectivity index is 1.95. The van der Waals surface area contributed by atoms with Crippen molar-refractivity contribution >= 4 is 5.84 Å². The molecule has 2 aliphatic rings. The second kappa shape index (κ2) is 3.77. The Hall–Kier alpha value is -0.770. The molecular weight excluding hydrogens is 178 g/mol. The fourth-order valence-corrected chi connectivity index (χ4v) is 2.86. The Labute approximate surface area is 84.8 Å². The first-order valence-corrected chi connectivity index (χ1v) is 5.44. The third kappa shape index (κ3) is 1.59. The van der Waals surface area contributed by atoms with Crippen LogP contribution < -0.4 is 5.73 Å². The van der Waals surface area contributed by atoms with E-state index >= 15 is 0 Å². The fraction of sp³-hybridized carbons (Fsp3) is 0.900. The highest BCUT2D eigenvalue weighted by atomic mass is 16.4. The molecule has 0 radical (unpaired) electrons. The van der Waals surface area contributed by atoms with Crippen LogP contribution in [0, 0.1) is 11.8 Å². The monoisotopic (exact) mass is 197 g/mol. The average Bonchev–Trinajstić information content (AvgIpc) is 2.74. The molecule has 4 nitrogen and oxygen atoms in total. The Morgan fingerprint density at radius 2 is 2.00 bits per heavy atom. The number of amidine groups is 1. The number of nitrogens with zero attached hydrogens (tertiary/aromatic N) is 2. The molecule has 1 saturated heterocycles. The number of likely N-dealkylation sites (tertiary alicyclic amines) is 1. The van der Waals surface area contributed by atoms with E-state index in [-0.39, 0.29) is 6.04 Å². The van der Waals surface area contributed by atoms with E-state index < -0.39 is 0 Å². The van der Waals surface area contributed by atoms with E-state index in [2.05, 4.69) is 10.1 Å². The standard InChI is InChI=1S/C10H19N3O/c1-7(10(11)12-14)13-5-8-3-2-4-9(8)6-13/h7-9,14H,2-6H2,1H3,(H2,11,12). The lowest BCUT2D eigenvalue weighted by Gasteiger charge is -2.23. The van der Waals surface area contributed by atoms with Gasteiger partial charge in [-0.15, -0.1) is 0 Å². The molecule has 0 bridgehead atoms. The maximum Gasteiger partial charge on any atom is 0.156 e. The topological polar surface area (TPSA) is 61.9 Å². The van der Waals surface area contributed by atoms with Crippen LogP contribution in [0.4, 0.5) is 0 Å². The van der Waals surface area contributed by atoms with E-state index in [9.17, 15) is 0 Å². The number of nitrogens with two attached hydrogens (primary N) is 1. The van der Waals surface area contributed by atoms with Crippen molar-refractivity contribution in [1.82, 2.24) is 4.90 Å². The van der Waals surface area contributed by atoms with Crippen LogP contribution in [0.5, 0.6) is 0 Å². The molecule has 1 saturated carbocycles. The molecule has 0 aromatic heterocycles. The molecule has 3 unspecified atom stereocenters. The van der Waals surface area contributed by atoms with E-state index in [1.165, 1.54) is 19.3 Å². The summed E-state index contributed by atoms with van der Waals surface area (Å²) in [6, 6.07) is 0.0885. The van der Waals surface area contributed by atoms with Crippen molar-refractivity contribution in [3.05, 3.63) is 0 Å². The zero-order valence-corrected chi connectivity index (χ0v) is 8.69. The largest absolute Gasteiger partial charge is 0.409 e. The summed E-state index contributed by atoms with van der Waals surface area (Å²) in [6.45, 7) is 4.26. The molecule has 14 heavy (non-hydrogen) atoms. The van der Waals surface area contributed by atoms with Gasteiger partial charge in [-0.1, -0.05) is 11.6 Å². The summed E-state index contributed by atoms with van der Waals surface area (Å²) in [5, 5.41) is 11.7. The van der Waals surface area contributed by atoms with Crippen molar-refractivity contribution in [3.63, 3.8) is 0 Å². The zero-order valence-electron chi connectivity index (χ0n) is 8.69. The van der Waals surface area contributed by atoms with Crippen LogP contribution in [0.1, 0.15) is 26.2 Å². The van der Waals surface area contributed by atoms with Crippen LogP contribution in [-0.4, -0.2) is 35.1 Å². The Kier molecular flexibility index (Phi) is 2.63. The average molecular weight is 197 g/mol. The minimum absolute atomic E-state index is 0.0885. The predicted molar refractivity (Wildman–Crippen MR) is 55.3 cm³/mol. The summed E-state index contributed by atoms with van der Waals surface area (Å²) >= 11 is 0. The summed E-state index contributed by atoms with van der Waals surface area (Å²) in [4.78, 5) is 2.34. The Morgan fingerprint density at radius 3 is 2.50 bits per heavy atom. The number of fused-ring (bicyclic) bond motifs is 1. The van der Waals surface area contributed by atoms with Gasteiger partial charge in [0.2, 0.25) is 0 Å². The smallest absolute Gasteiger partial charge is 0.156 e. The molecule has 2 rings (SSSR count). The normalized spacial score (nSPS) is 35.9. The molecule has 1 aliphatic heterocycles. The molecule has 3 atom stereocenters. The van der Waals surface area contributed by atoms with E-state index in [1.54, 1.807) is 0 Å². The lowest BCUT2D eigenvalue weighted by atomic mass is 10.0. The Morgan fingerprint density at radius 1 is 1.43 bits per heavy atom. The number of rotatable bonds is 2. The van der Waals surface area contributed by atoms with Crippen LogP contribution in [0.3, 0.4) is 0 Å². The van der Waals surface area contributed by atoms with Crippen molar-refractivity contribution in [2.75, 3.05) is 13.1 Å². The van der Waals surface area contributed by atoms with Gasteiger partial charge in [-0.2, -0.15) is 0 Å². The SMILES string of the molecule is CC(C(N)=NO)N1CC2CCCC2C1. The minimum atomic E-state index is 0.0885. The summed E-state index contributed by atoms with van der Waals surface area (Å²) < 4.78 is 0. The molecule has 1 heterocycles. The van der Waals surface area contributed by atoms with E-state index in [1.807, 2.05) is 6.92 Å². The molecule has 1 aliphatic carbocycles. The van der Waals surface area contributed by atoms with Crippen molar-refractivity contribution in [1.29, 1.82) is 0 Å². The summed E-state index contributed by atoms with van der Waals surface area (Å²) in [5.74, 6) is 2.07. The van der Waals surface area contributed by atoms with Crippen molar-refractivity contribution < 1.29 is 5.21 Å². The molecule has 0 aromatic rings. The van der Waals surface area contributed by atoms with Gasteiger partial charge in [-0.25, -0.2) is 0 Å².